The van der Waals surface area contributed by atoms with Crippen LogP contribution in [0.5, 0.6) is 0 Å². The molecule has 2 unspecified atom stereocenters. The molecule has 2 aromatic rings. The maximum Gasteiger partial charge on any atom is 0.419 e. The molecule has 1 aliphatic rings. The third kappa shape index (κ3) is 7.44. The predicted octanol–water partition coefficient (Wildman–Crippen LogP) is 6.62. The van der Waals surface area contributed by atoms with Crippen LogP contribution in [0.25, 0.3) is 0 Å². The number of carbonyl (C=O) groups is 2. The van der Waals surface area contributed by atoms with Gasteiger partial charge in [0.15, 0.2) is 0 Å². The Bertz CT molecular complexity index is 1200. The number of nitrogens with one attached hydrogen (secondary N) is 1. The molecule has 11 heteroatoms. The summed E-state index contributed by atoms with van der Waals surface area (Å²) in [6.45, 7) is 6.95. The Kier molecular flexibility index (Phi) is 9.94. The van der Waals surface area contributed by atoms with Crippen LogP contribution in [-0.2, 0) is 21.2 Å². The van der Waals surface area contributed by atoms with E-state index in [4.69, 9.17) is 23.2 Å². The zero-order valence-corrected chi connectivity index (χ0v) is 23.9. The van der Waals surface area contributed by atoms with Crippen molar-refractivity contribution in [2.75, 3.05) is 26.7 Å². The van der Waals surface area contributed by atoms with Crippen molar-refractivity contribution in [3.8, 4) is 0 Å². The quantitative estimate of drug-likeness (QED) is 0.352. The normalized spacial score (nSPS) is 17.4. The van der Waals surface area contributed by atoms with E-state index in [0.29, 0.717) is 23.6 Å². The van der Waals surface area contributed by atoms with Crippen molar-refractivity contribution >= 4 is 35.0 Å². The third-order valence-corrected chi connectivity index (χ3v) is 8.47. The highest BCUT2D eigenvalue weighted by atomic mass is 35.5. The summed E-state index contributed by atoms with van der Waals surface area (Å²) in [5, 5.41) is 3.44. The summed E-state index contributed by atoms with van der Waals surface area (Å²) in [5.74, 6) is -1.75. The van der Waals surface area contributed by atoms with Gasteiger partial charge in [0.05, 0.1) is 27.1 Å². The molecule has 0 aliphatic carbocycles. The fraction of sp³-hybridized carbons (Fsp3) is 0.500. The first-order valence-corrected chi connectivity index (χ1v) is 13.5. The Balaban J connectivity index is 1.80. The molecule has 0 radical (unpaired) electrons. The van der Waals surface area contributed by atoms with E-state index < -0.39 is 34.9 Å². The van der Waals surface area contributed by atoms with Crippen LogP contribution >= 0.6 is 23.2 Å². The second-order valence-corrected chi connectivity index (χ2v) is 11.2. The van der Waals surface area contributed by atoms with Gasteiger partial charge in [0, 0.05) is 33.1 Å². The molecule has 1 N–H and O–H groups in total. The van der Waals surface area contributed by atoms with Gasteiger partial charge in [0.1, 0.15) is 5.82 Å². The molecular weight excluding hydrogens is 557 g/mol. The lowest BCUT2D eigenvalue weighted by Crippen LogP contribution is -2.48. The number of piperidine rings is 1. The Labute approximate surface area is 236 Å². The van der Waals surface area contributed by atoms with E-state index in [1.165, 1.54) is 6.07 Å². The Hall–Kier alpha value is -2.36. The molecule has 0 aromatic heterocycles. The third-order valence-electron chi connectivity index (χ3n) is 7.73. The molecule has 2 atom stereocenters. The summed E-state index contributed by atoms with van der Waals surface area (Å²) in [7, 11) is 1.80. The van der Waals surface area contributed by atoms with E-state index in [1.807, 2.05) is 0 Å². The van der Waals surface area contributed by atoms with Crippen LogP contribution in [0.2, 0.25) is 10.0 Å². The summed E-state index contributed by atoms with van der Waals surface area (Å²) >= 11 is 12.4. The first-order valence-electron chi connectivity index (χ1n) is 12.7. The molecule has 1 saturated heterocycles. The standard InChI is InChI=1S/C28H33Cl2F4N3O2/c1-17(19-5-8-25(31)22(15-19)28(32,33)34)35-26(39)27(3,20-6-7-23(29)24(30)16-20)11-14-37-12-9-21(10-13-37)36(4)18(2)38/h5-8,15-17,21H,9-14H2,1-4H3,(H,35,39). The molecule has 5 nitrogen and oxygen atoms in total. The van der Waals surface area contributed by atoms with Crippen molar-refractivity contribution in [3.63, 3.8) is 0 Å². The topological polar surface area (TPSA) is 52.7 Å². The highest BCUT2D eigenvalue weighted by molar-refractivity contribution is 6.42. The van der Waals surface area contributed by atoms with Crippen LogP contribution in [-0.4, -0.2) is 54.3 Å². The molecule has 0 bridgehead atoms. The molecule has 1 fully saturated rings. The monoisotopic (exact) mass is 589 g/mol. The average Bonchev–Trinajstić information content (AvgIpc) is 2.88. The van der Waals surface area contributed by atoms with Gasteiger partial charge in [-0.05, 0) is 75.0 Å². The predicted molar refractivity (Wildman–Crippen MR) is 144 cm³/mol. The molecule has 39 heavy (non-hydrogen) atoms. The zero-order chi connectivity index (χ0) is 29.1. The lowest BCUT2D eigenvalue weighted by molar-refractivity contribution is -0.140. The van der Waals surface area contributed by atoms with Crippen molar-refractivity contribution in [1.82, 2.24) is 15.1 Å². The number of carbonyl (C=O) groups excluding carboxylic acids is 2. The van der Waals surface area contributed by atoms with Gasteiger partial charge in [0.25, 0.3) is 0 Å². The van der Waals surface area contributed by atoms with Crippen molar-refractivity contribution in [2.24, 2.45) is 0 Å². The highest BCUT2D eigenvalue weighted by Gasteiger charge is 2.38. The molecule has 214 valence electrons. The Morgan fingerprint density at radius 2 is 1.74 bits per heavy atom. The second-order valence-electron chi connectivity index (χ2n) is 10.3. The highest BCUT2D eigenvalue weighted by Crippen LogP contribution is 2.36. The number of benzene rings is 2. The molecular formula is C28H33Cl2F4N3O2. The van der Waals surface area contributed by atoms with E-state index in [2.05, 4.69) is 10.2 Å². The lowest BCUT2D eigenvalue weighted by Gasteiger charge is -2.38. The zero-order valence-electron chi connectivity index (χ0n) is 22.3. The van der Waals surface area contributed by atoms with Crippen LogP contribution in [0.4, 0.5) is 17.6 Å². The number of hydrogen-bond acceptors (Lipinski definition) is 3. The van der Waals surface area contributed by atoms with Gasteiger partial charge in [-0.15, -0.1) is 0 Å². The fourth-order valence-corrected chi connectivity index (χ4v) is 5.16. The molecule has 1 heterocycles. The Morgan fingerprint density at radius 1 is 1.10 bits per heavy atom. The van der Waals surface area contributed by atoms with Crippen LogP contribution in [0, 0.1) is 5.82 Å². The summed E-state index contributed by atoms with van der Waals surface area (Å²) in [5.41, 5.74) is -1.73. The van der Waals surface area contributed by atoms with Crippen LogP contribution < -0.4 is 5.32 Å². The first kappa shape index (κ1) is 31.2. The summed E-state index contributed by atoms with van der Waals surface area (Å²) < 4.78 is 53.5. The molecule has 2 amide bonds. The van der Waals surface area contributed by atoms with Crippen LogP contribution in [0.15, 0.2) is 36.4 Å². The average molecular weight is 590 g/mol. The minimum Gasteiger partial charge on any atom is -0.349 e. The molecule has 1 aliphatic heterocycles. The number of likely N-dealkylation sites (tertiary alicyclic amines) is 1. The van der Waals surface area contributed by atoms with Gasteiger partial charge in [-0.25, -0.2) is 4.39 Å². The van der Waals surface area contributed by atoms with Crippen molar-refractivity contribution in [3.05, 3.63) is 69.0 Å². The van der Waals surface area contributed by atoms with E-state index in [0.717, 1.165) is 38.1 Å². The van der Waals surface area contributed by atoms with Gasteiger partial charge >= 0.3 is 6.18 Å². The fourth-order valence-electron chi connectivity index (χ4n) is 4.87. The molecule has 3 rings (SSSR count). The number of nitrogens with zero attached hydrogens (tertiary/aromatic N) is 2. The minimum atomic E-state index is -4.86. The molecule has 2 aromatic carbocycles. The van der Waals surface area contributed by atoms with Crippen molar-refractivity contribution in [1.29, 1.82) is 0 Å². The second kappa shape index (κ2) is 12.4. The van der Waals surface area contributed by atoms with Gasteiger partial charge in [-0.3, -0.25) is 9.59 Å². The van der Waals surface area contributed by atoms with E-state index in [1.54, 1.807) is 50.9 Å². The molecule has 0 saturated carbocycles. The summed E-state index contributed by atoms with van der Waals surface area (Å²) in [4.78, 5) is 29.4. The van der Waals surface area contributed by atoms with Crippen molar-refractivity contribution < 1.29 is 27.2 Å². The minimum absolute atomic E-state index is 0.0231. The Morgan fingerprint density at radius 3 is 2.31 bits per heavy atom. The van der Waals surface area contributed by atoms with Gasteiger partial charge in [-0.2, -0.15) is 13.2 Å². The van der Waals surface area contributed by atoms with Gasteiger partial charge in [0.2, 0.25) is 11.8 Å². The van der Waals surface area contributed by atoms with Crippen LogP contribution in [0.3, 0.4) is 0 Å². The number of amides is 2. The molecule has 0 spiro atoms. The SMILES string of the molecule is CC(=O)N(C)C1CCN(CCC(C)(C(=O)NC(C)c2ccc(F)c(C(F)(F)F)c2)c2ccc(Cl)c(Cl)c2)CC1. The van der Waals surface area contributed by atoms with E-state index in [9.17, 15) is 27.2 Å². The maximum atomic E-state index is 13.8. The lowest BCUT2D eigenvalue weighted by atomic mass is 9.78. The largest absolute Gasteiger partial charge is 0.419 e. The summed E-state index contributed by atoms with van der Waals surface area (Å²) in [6.07, 6.45) is -2.83. The van der Waals surface area contributed by atoms with E-state index in [-0.39, 0.29) is 22.5 Å². The van der Waals surface area contributed by atoms with Crippen LogP contribution in [0.1, 0.15) is 62.8 Å². The number of hydrogen-bond donors (Lipinski definition) is 1. The van der Waals surface area contributed by atoms with Gasteiger partial charge in [-0.1, -0.05) is 35.3 Å². The number of halogens is 6. The first-order chi connectivity index (χ1) is 18.1. The van der Waals surface area contributed by atoms with Crippen molar-refractivity contribution in [2.45, 2.75) is 63.7 Å². The van der Waals surface area contributed by atoms with E-state index >= 15 is 0 Å². The number of alkyl halides is 3. The summed E-state index contributed by atoms with van der Waals surface area (Å²) in [6, 6.07) is 7.00. The maximum absolute atomic E-state index is 13.8. The van der Waals surface area contributed by atoms with Gasteiger partial charge < -0.3 is 15.1 Å². The smallest absolute Gasteiger partial charge is 0.349 e. The number of rotatable bonds is 8.